The third-order valence-corrected chi connectivity index (χ3v) is 6.50. The van der Waals surface area contributed by atoms with E-state index in [2.05, 4.69) is 10.2 Å². The first-order valence-electron chi connectivity index (χ1n) is 11.7. The average Bonchev–Trinajstić information content (AvgIpc) is 2.85. The van der Waals surface area contributed by atoms with Crippen molar-refractivity contribution in [3.05, 3.63) is 71.8 Å². The smallest absolute Gasteiger partial charge is 0.317 e. The minimum absolute atomic E-state index is 0.0273. The number of amides is 3. The molecule has 32 heavy (non-hydrogen) atoms. The molecule has 0 bridgehead atoms. The number of carbonyl (C=O) groups is 2. The molecule has 2 aromatic rings. The van der Waals surface area contributed by atoms with Crippen LogP contribution in [0.5, 0.6) is 0 Å². The first kappa shape index (κ1) is 22.3. The summed E-state index contributed by atoms with van der Waals surface area (Å²) in [6.07, 6.45) is 3.83. The van der Waals surface area contributed by atoms with Gasteiger partial charge in [-0.25, -0.2) is 4.79 Å². The number of piperidine rings is 1. The van der Waals surface area contributed by atoms with Gasteiger partial charge in [0, 0.05) is 44.9 Å². The van der Waals surface area contributed by atoms with Crippen LogP contribution in [-0.4, -0.2) is 60.1 Å². The lowest BCUT2D eigenvalue weighted by Crippen LogP contribution is -2.55. The number of carbonyl (C=O) groups excluding carboxylic acids is 2. The van der Waals surface area contributed by atoms with Crippen LogP contribution in [0.3, 0.4) is 0 Å². The Balaban J connectivity index is 1.35. The van der Waals surface area contributed by atoms with Crippen molar-refractivity contribution in [2.75, 3.05) is 26.3 Å². The van der Waals surface area contributed by atoms with Crippen LogP contribution in [0.4, 0.5) is 4.79 Å². The number of nitrogens with one attached hydrogen (secondary N) is 1. The van der Waals surface area contributed by atoms with Gasteiger partial charge in [-0.05, 0) is 36.8 Å². The first-order valence-corrected chi connectivity index (χ1v) is 11.7. The first-order chi connectivity index (χ1) is 15.7. The highest BCUT2D eigenvalue weighted by molar-refractivity contribution is 5.79. The molecular weight excluding hydrogens is 402 g/mol. The topological polar surface area (TPSA) is 61.9 Å². The van der Waals surface area contributed by atoms with Crippen LogP contribution in [0.2, 0.25) is 0 Å². The van der Waals surface area contributed by atoms with Crippen LogP contribution < -0.4 is 5.32 Å². The van der Waals surface area contributed by atoms with E-state index in [-0.39, 0.29) is 24.0 Å². The molecule has 2 heterocycles. The fraction of sp³-hybridized carbons (Fsp3) is 0.462. The van der Waals surface area contributed by atoms with E-state index in [0.29, 0.717) is 39.3 Å². The zero-order valence-electron chi connectivity index (χ0n) is 18.6. The second kappa shape index (κ2) is 11.1. The van der Waals surface area contributed by atoms with E-state index < -0.39 is 0 Å². The number of likely N-dealkylation sites (tertiary alicyclic amines) is 1. The van der Waals surface area contributed by atoms with Gasteiger partial charge in [-0.15, -0.1) is 0 Å². The predicted molar refractivity (Wildman–Crippen MR) is 124 cm³/mol. The van der Waals surface area contributed by atoms with Gasteiger partial charge in [0.25, 0.3) is 0 Å². The summed E-state index contributed by atoms with van der Waals surface area (Å²) in [5.41, 5.74) is 2.14. The van der Waals surface area contributed by atoms with E-state index in [1.807, 2.05) is 65.6 Å². The van der Waals surface area contributed by atoms with Crippen molar-refractivity contribution in [3.63, 3.8) is 0 Å². The molecule has 0 spiro atoms. The van der Waals surface area contributed by atoms with Crippen molar-refractivity contribution >= 4 is 11.9 Å². The van der Waals surface area contributed by atoms with E-state index in [4.69, 9.17) is 4.74 Å². The Morgan fingerprint density at radius 2 is 1.41 bits per heavy atom. The van der Waals surface area contributed by atoms with Gasteiger partial charge in [-0.2, -0.15) is 0 Å². The standard InChI is InChI=1S/C26H33N3O3/c30-25(19-21-7-3-1-4-8-21)29(24-13-17-32-18-14-24)23-11-15-28(16-12-23)26(31)27-20-22-9-5-2-6-10-22/h1-10,23-24H,11-20H2,(H,27,31). The van der Waals surface area contributed by atoms with Gasteiger partial charge in [-0.3, -0.25) is 4.79 Å². The highest BCUT2D eigenvalue weighted by Gasteiger charge is 2.34. The molecule has 6 heteroatoms. The summed E-state index contributed by atoms with van der Waals surface area (Å²) in [6.45, 7) is 3.29. The normalized spacial score (nSPS) is 17.7. The summed E-state index contributed by atoms with van der Waals surface area (Å²) < 4.78 is 5.55. The lowest BCUT2D eigenvalue weighted by Gasteiger charge is -2.43. The zero-order valence-corrected chi connectivity index (χ0v) is 18.6. The summed E-state index contributed by atoms with van der Waals surface area (Å²) in [7, 11) is 0. The molecule has 0 unspecified atom stereocenters. The zero-order chi connectivity index (χ0) is 22.2. The summed E-state index contributed by atoms with van der Waals surface area (Å²) in [5, 5.41) is 3.02. The van der Waals surface area contributed by atoms with Crippen LogP contribution in [0.25, 0.3) is 0 Å². The number of urea groups is 1. The van der Waals surface area contributed by atoms with Crippen molar-refractivity contribution in [1.82, 2.24) is 15.1 Å². The summed E-state index contributed by atoms with van der Waals surface area (Å²) in [6, 6.07) is 20.3. The van der Waals surface area contributed by atoms with E-state index in [1.165, 1.54) is 0 Å². The van der Waals surface area contributed by atoms with Gasteiger partial charge >= 0.3 is 6.03 Å². The Kier molecular flexibility index (Phi) is 7.77. The van der Waals surface area contributed by atoms with Crippen LogP contribution in [0.1, 0.15) is 36.8 Å². The average molecular weight is 436 g/mol. The van der Waals surface area contributed by atoms with Crippen LogP contribution >= 0.6 is 0 Å². The number of nitrogens with zero attached hydrogens (tertiary/aromatic N) is 2. The quantitative estimate of drug-likeness (QED) is 0.754. The van der Waals surface area contributed by atoms with Crippen molar-refractivity contribution < 1.29 is 14.3 Å². The molecule has 170 valence electrons. The molecule has 2 aliphatic heterocycles. The highest BCUT2D eigenvalue weighted by atomic mass is 16.5. The predicted octanol–water partition coefficient (Wildman–Crippen LogP) is 3.61. The highest BCUT2D eigenvalue weighted by Crippen LogP contribution is 2.25. The summed E-state index contributed by atoms with van der Waals surface area (Å²) in [5.74, 6) is 0.190. The second-order valence-corrected chi connectivity index (χ2v) is 8.67. The van der Waals surface area contributed by atoms with E-state index in [1.54, 1.807) is 0 Å². The number of benzene rings is 2. The molecule has 0 atom stereocenters. The molecule has 4 rings (SSSR count). The van der Waals surface area contributed by atoms with Gasteiger partial charge in [0.05, 0.1) is 6.42 Å². The van der Waals surface area contributed by atoms with Crippen molar-refractivity contribution in [2.24, 2.45) is 0 Å². The largest absolute Gasteiger partial charge is 0.381 e. The molecule has 2 aromatic carbocycles. The van der Waals surface area contributed by atoms with Gasteiger partial charge in [0.1, 0.15) is 0 Å². The lowest BCUT2D eigenvalue weighted by molar-refractivity contribution is -0.139. The molecule has 1 N–H and O–H groups in total. The molecule has 2 fully saturated rings. The maximum absolute atomic E-state index is 13.4. The Hall–Kier alpha value is -2.86. The van der Waals surface area contributed by atoms with E-state index in [0.717, 1.165) is 36.8 Å². The summed E-state index contributed by atoms with van der Waals surface area (Å²) in [4.78, 5) is 30.0. The lowest BCUT2D eigenvalue weighted by atomic mass is 9.96. The van der Waals surface area contributed by atoms with Crippen molar-refractivity contribution in [3.8, 4) is 0 Å². The third kappa shape index (κ3) is 5.88. The molecule has 0 aliphatic carbocycles. The fourth-order valence-corrected chi connectivity index (χ4v) is 4.76. The number of hydrogen-bond acceptors (Lipinski definition) is 3. The van der Waals surface area contributed by atoms with Crippen molar-refractivity contribution in [1.29, 1.82) is 0 Å². The Labute approximate surface area is 190 Å². The Morgan fingerprint density at radius 3 is 2.03 bits per heavy atom. The summed E-state index contributed by atoms with van der Waals surface area (Å²) >= 11 is 0. The van der Waals surface area contributed by atoms with Crippen molar-refractivity contribution in [2.45, 2.75) is 50.7 Å². The fourth-order valence-electron chi connectivity index (χ4n) is 4.76. The molecule has 2 aliphatic rings. The monoisotopic (exact) mass is 435 g/mol. The molecule has 2 saturated heterocycles. The molecule has 6 nitrogen and oxygen atoms in total. The van der Waals surface area contributed by atoms with Crippen LogP contribution in [0, 0.1) is 0 Å². The van der Waals surface area contributed by atoms with Gasteiger partial charge in [0.2, 0.25) is 5.91 Å². The van der Waals surface area contributed by atoms with Gasteiger partial charge < -0.3 is 19.9 Å². The third-order valence-electron chi connectivity index (χ3n) is 6.50. The second-order valence-electron chi connectivity index (χ2n) is 8.67. The SMILES string of the molecule is O=C(NCc1ccccc1)N1CCC(N(C(=O)Cc2ccccc2)C2CCOCC2)CC1. The number of ether oxygens (including phenoxy) is 1. The Bertz CT molecular complexity index is 860. The molecular formula is C26H33N3O3. The minimum atomic E-state index is -0.0273. The maximum Gasteiger partial charge on any atom is 0.317 e. The van der Waals surface area contributed by atoms with E-state index >= 15 is 0 Å². The van der Waals surface area contributed by atoms with Crippen LogP contribution in [-0.2, 0) is 22.5 Å². The van der Waals surface area contributed by atoms with E-state index in [9.17, 15) is 9.59 Å². The molecule has 0 radical (unpaired) electrons. The molecule has 0 aromatic heterocycles. The number of hydrogen-bond donors (Lipinski definition) is 1. The molecule has 0 saturated carbocycles. The van der Waals surface area contributed by atoms with Gasteiger partial charge in [0.15, 0.2) is 0 Å². The maximum atomic E-state index is 13.4. The molecule has 3 amide bonds. The Morgan fingerprint density at radius 1 is 0.844 bits per heavy atom. The number of rotatable bonds is 6. The minimum Gasteiger partial charge on any atom is -0.381 e. The van der Waals surface area contributed by atoms with Gasteiger partial charge in [-0.1, -0.05) is 60.7 Å². The van der Waals surface area contributed by atoms with Crippen LogP contribution in [0.15, 0.2) is 60.7 Å².